The second kappa shape index (κ2) is 34.7. The van der Waals surface area contributed by atoms with Crippen LogP contribution in [0, 0.1) is 17.8 Å². The molecule has 0 radical (unpaired) electrons. The number of ether oxygens (including phenoxy) is 4. The van der Waals surface area contributed by atoms with Gasteiger partial charge in [-0.3, -0.25) is 19.3 Å². The number of alkyl carbamates (subject to hydrolysis) is 3. The van der Waals surface area contributed by atoms with Gasteiger partial charge in [-0.1, -0.05) is 149 Å². The average molecular weight is 1590 g/mol. The molecule has 11 aromatic rings. The fourth-order valence-corrected chi connectivity index (χ4v) is 17.3. The van der Waals surface area contributed by atoms with Crippen molar-refractivity contribution in [1.29, 1.82) is 0 Å². The number of hydrogen-bond acceptors (Lipinski definition) is 15. The molecule has 7 N–H and O–H groups in total. The van der Waals surface area contributed by atoms with Gasteiger partial charge in [0.25, 0.3) is 0 Å². The Morgan fingerprint density at radius 3 is 1.05 bits per heavy atom. The van der Waals surface area contributed by atoms with Crippen LogP contribution in [0.3, 0.4) is 0 Å². The number of likely N-dealkylation sites (tertiary alicyclic amines) is 4. The van der Waals surface area contributed by atoms with Gasteiger partial charge in [-0.15, -0.1) is 0 Å². The van der Waals surface area contributed by atoms with Crippen molar-refractivity contribution in [2.24, 2.45) is 17.8 Å². The summed E-state index contributed by atoms with van der Waals surface area (Å²) in [4.78, 5) is 131. The van der Waals surface area contributed by atoms with Gasteiger partial charge in [-0.2, -0.15) is 0 Å². The molecule has 4 saturated heterocycles. The van der Waals surface area contributed by atoms with Gasteiger partial charge >= 0.3 is 24.4 Å². The number of carbonyl (C=O) groups is 7. The predicted molar refractivity (Wildman–Crippen MR) is 450 cm³/mol. The monoisotopic (exact) mass is 1590 g/mol. The highest BCUT2D eigenvalue weighted by Gasteiger charge is 2.44. The number of carbonyl (C=O) groups excluding carboxylic acids is 7. The largest absolute Gasteiger partial charge is 0.453 e. The van der Waals surface area contributed by atoms with E-state index >= 15 is 0 Å². The number of rotatable bonds is 19. The Morgan fingerprint density at radius 1 is 0.390 bits per heavy atom. The van der Waals surface area contributed by atoms with Crippen molar-refractivity contribution < 1.29 is 52.5 Å². The number of nitrogens with zero attached hydrogens (tertiary/aromatic N) is 8. The SMILES string of the molecule is COC(=O)N[C@H](C(=O)N1CCC[C@H]1c1ncc(-c2ccc3cc(-c4ccc(-c5cnc([C@@H]6CCCN6C(=O)OC(C)(C)C)[nH]5)cc4)ccc3c2)[nH]1)C(C)C.COC(=O)N[C@H](C(=O)N1CCC[C@H]1c1ncc(-c2ccc3cc(-c4ccc(-c5cnc([C@@H]6CCCN6C(=O)[C@@H](NC(=O)OC)C6Cc7ccccc7C6)[nH]5)cc4)ccc3c2)[nH]1)C(C)C. The number of aromatic amines is 4. The van der Waals surface area contributed by atoms with Crippen LogP contribution in [-0.4, -0.2) is 173 Å². The zero-order chi connectivity index (χ0) is 82.6. The molecule has 26 nitrogen and oxygen atoms in total. The lowest BCUT2D eigenvalue weighted by Gasteiger charge is -2.31. The molecule has 26 heteroatoms. The molecule has 0 bridgehead atoms. The summed E-state index contributed by atoms with van der Waals surface area (Å²) in [5, 5.41) is 12.7. The summed E-state index contributed by atoms with van der Waals surface area (Å²) >= 11 is 0. The lowest BCUT2D eigenvalue weighted by atomic mass is 9.95. The Kier molecular flexibility index (Phi) is 23.7. The van der Waals surface area contributed by atoms with Crippen molar-refractivity contribution >= 4 is 63.6 Å². The molecule has 4 fully saturated rings. The van der Waals surface area contributed by atoms with E-state index in [1.54, 1.807) is 4.90 Å². The van der Waals surface area contributed by atoms with Crippen molar-refractivity contribution in [2.45, 2.75) is 161 Å². The first-order valence-corrected chi connectivity index (χ1v) is 41.0. The molecule has 5 aliphatic rings. The highest BCUT2D eigenvalue weighted by atomic mass is 16.6. The van der Waals surface area contributed by atoms with E-state index in [2.05, 4.69) is 174 Å². The van der Waals surface area contributed by atoms with Crippen LogP contribution in [0.1, 0.15) is 158 Å². The second-order valence-corrected chi connectivity index (χ2v) is 33.1. The van der Waals surface area contributed by atoms with E-state index in [4.69, 9.17) is 33.9 Å². The van der Waals surface area contributed by atoms with Gasteiger partial charge in [-0.05, 0) is 193 Å². The van der Waals surface area contributed by atoms with Crippen LogP contribution in [0.5, 0.6) is 0 Å². The molecule has 118 heavy (non-hydrogen) atoms. The van der Waals surface area contributed by atoms with Crippen LogP contribution in [0.4, 0.5) is 19.2 Å². The number of hydrogen-bond donors (Lipinski definition) is 7. The summed E-state index contributed by atoms with van der Waals surface area (Å²) in [6.45, 7) is 15.7. The number of nitrogens with one attached hydrogen (secondary N) is 7. The van der Waals surface area contributed by atoms with E-state index in [1.807, 2.05) is 100 Å². The lowest BCUT2D eigenvalue weighted by Crippen LogP contribution is -2.52. The third-order valence-electron chi connectivity index (χ3n) is 23.6. The molecule has 4 aliphatic heterocycles. The van der Waals surface area contributed by atoms with Crippen LogP contribution in [-0.2, 0) is 46.2 Å². The summed E-state index contributed by atoms with van der Waals surface area (Å²) in [5.41, 5.74) is 13.8. The van der Waals surface area contributed by atoms with Crippen LogP contribution in [0.15, 0.2) is 170 Å². The molecule has 7 aromatic carbocycles. The minimum absolute atomic E-state index is 0.0647. The van der Waals surface area contributed by atoms with Gasteiger partial charge in [-0.25, -0.2) is 39.1 Å². The van der Waals surface area contributed by atoms with Crippen molar-refractivity contribution in [2.75, 3.05) is 47.5 Å². The molecule has 7 amide bonds. The maximum absolute atomic E-state index is 14.3. The van der Waals surface area contributed by atoms with Crippen molar-refractivity contribution in [3.05, 3.63) is 205 Å². The van der Waals surface area contributed by atoms with Crippen molar-refractivity contribution in [3.8, 4) is 67.3 Å². The molecule has 0 spiro atoms. The number of amides is 7. The summed E-state index contributed by atoms with van der Waals surface area (Å²) in [6.07, 6.45) is 13.3. The Balaban J connectivity index is 0.000000187. The van der Waals surface area contributed by atoms with E-state index < -0.39 is 42.0 Å². The molecular weight excluding hydrogens is 1490 g/mol. The highest BCUT2D eigenvalue weighted by molar-refractivity contribution is 5.93. The van der Waals surface area contributed by atoms with Gasteiger partial charge in [0.15, 0.2) is 0 Å². The van der Waals surface area contributed by atoms with E-state index in [-0.39, 0.29) is 65.7 Å². The molecule has 0 saturated carbocycles. The van der Waals surface area contributed by atoms with Crippen LogP contribution in [0.25, 0.3) is 88.8 Å². The molecule has 8 heterocycles. The molecule has 7 atom stereocenters. The Labute approximate surface area is 686 Å². The number of fused-ring (bicyclic) bond motifs is 3. The van der Waals surface area contributed by atoms with Crippen molar-refractivity contribution in [3.63, 3.8) is 0 Å². The third-order valence-corrected chi connectivity index (χ3v) is 23.6. The molecule has 4 aromatic heterocycles. The number of methoxy groups -OCH3 is 3. The predicted octanol–water partition coefficient (Wildman–Crippen LogP) is 16.5. The summed E-state index contributed by atoms with van der Waals surface area (Å²) in [5.74, 6) is 2.33. The van der Waals surface area contributed by atoms with Crippen LogP contribution >= 0.6 is 0 Å². The van der Waals surface area contributed by atoms with Gasteiger partial charge < -0.3 is 69.5 Å². The number of imidazole rings is 4. The van der Waals surface area contributed by atoms with Gasteiger partial charge in [0, 0.05) is 37.3 Å². The normalized spacial score (nSPS) is 18.1. The fraction of sp³-hybridized carbons (Fsp3) is 0.380. The molecular formula is C92H103N15O11. The first kappa shape index (κ1) is 80.6. The topological polar surface area (TPSA) is 320 Å². The number of aromatic nitrogens is 8. The van der Waals surface area contributed by atoms with E-state index in [1.165, 1.54) is 32.5 Å². The zero-order valence-corrected chi connectivity index (χ0v) is 68.4. The maximum Gasteiger partial charge on any atom is 0.410 e. The second-order valence-electron chi connectivity index (χ2n) is 33.1. The Morgan fingerprint density at radius 2 is 0.695 bits per heavy atom. The molecule has 612 valence electrons. The summed E-state index contributed by atoms with van der Waals surface area (Å²) < 4.78 is 20.1. The Bertz CT molecular complexity index is 5480. The standard InChI is InChI=1S/C50H54N8O6.C42H49N7O5/c1-29(2)43(55-49(61)63-3)47(59)57-21-7-11-41(57)46-52-28-40(54-46)37-20-19-35-23-34(17-18-36(35)24-37)30-13-15-31(16-14-30)39-27-51-45(53-39)42-12-8-22-58(42)48(60)44(56-50(62)64-4)38-25-32-9-5-6-10-33(32)26-38;1-25(2)36(47-40(51)53-6)39(50)48-19-7-9-34(48)37-44-24-33(46-37)31-18-17-29-21-28(15-16-30(29)22-31)26-11-13-27(14-12-26)32-23-43-38(45-32)35-10-8-20-49(35)41(52)54-42(3,4)5/h5-6,9-10,13-20,23-24,27-29,38,41-44H,7-8,11-12,21-22,25-26H2,1-4H3,(H,51,53)(H,52,54)(H,55,61)(H,56,62);11-18,21-25,34-36H,7-10,19-20H2,1-6H3,(H,43,45)(H,44,46)(H,47,51)/t41-,42-,43-,44-;34-,35-,36-/m00/s1. The Hall–Kier alpha value is -12.6. The summed E-state index contributed by atoms with van der Waals surface area (Å²) in [6, 6.07) is 47.8. The average Bonchev–Trinajstić information content (AvgIpc) is 1.57. The molecule has 16 rings (SSSR count). The maximum atomic E-state index is 14.3. The number of benzene rings is 7. The van der Waals surface area contributed by atoms with Gasteiger partial charge in [0.05, 0.1) is 93.1 Å². The zero-order valence-electron chi connectivity index (χ0n) is 68.4. The lowest BCUT2D eigenvalue weighted by molar-refractivity contribution is -0.136. The minimum Gasteiger partial charge on any atom is -0.453 e. The molecule has 1 aliphatic carbocycles. The van der Waals surface area contributed by atoms with E-state index in [9.17, 15) is 33.6 Å². The first-order chi connectivity index (χ1) is 57.0. The van der Waals surface area contributed by atoms with Crippen molar-refractivity contribution in [1.82, 2.24) is 75.4 Å². The van der Waals surface area contributed by atoms with Crippen LogP contribution in [0.2, 0.25) is 0 Å². The minimum atomic E-state index is -0.708. The third kappa shape index (κ3) is 17.4. The quantitative estimate of drug-likeness (QED) is 0.0370. The summed E-state index contributed by atoms with van der Waals surface area (Å²) in [7, 11) is 3.91. The first-order valence-electron chi connectivity index (χ1n) is 41.0. The fourth-order valence-electron chi connectivity index (χ4n) is 17.3. The number of H-pyrrole nitrogens is 4. The van der Waals surface area contributed by atoms with Gasteiger partial charge in [0.2, 0.25) is 17.7 Å². The van der Waals surface area contributed by atoms with E-state index in [0.29, 0.717) is 26.2 Å². The van der Waals surface area contributed by atoms with Crippen LogP contribution < -0.4 is 16.0 Å². The van der Waals surface area contributed by atoms with Gasteiger partial charge in [0.1, 0.15) is 47.0 Å². The highest BCUT2D eigenvalue weighted by Crippen LogP contribution is 2.41. The smallest absolute Gasteiger partial charge is 0.410 e. The van der Waals surface area contributed by atoms with E-state index in [0.717, 1.165) is 176 Å². The molecule has 0 unspecified atom stereocenters.